The Hall–Kier alpha value is -1.07. The van der Waals surface area contributed by atoms with Crippen LogP contribution in [0, 0.1) is 11.8 Å². The third-order valence-electron chi connectivity index (χ3n) is 4.09. The van der Waals surface area contributed by atoms with Gasteiger partial charge in [0.15, 0.2) is 0 Å². The van der Waals surface area contributed by atoms with Gasteiger partial charge in [-0.1, -0.05) is 19.9 Å². The summed E-state index contributed by atoms with van der Waals surface area (Å²) < 4.78 is 0. The Kier molecular flexibility index (Phi) is 6.26. The van der Waals surface area contributed by atoms with Gasteiger partial charge in [-0.15, -0.1) is 11.3 Å². The molecule has 0 spiro atoms. The van der Waals surface area contributed by atoms with Gasteiger partial charge in [0.05, 0.1) is 6.04 Å². The number of urea groups is 1. The second kappa shape index (κ2) is 7.97. The Balaban J connectivity index is 1.91. The SMILES string of the molecule is CC(C)CC(NC(=O)N1CCC(CN(C)C)C1)c1cccs1. The summed E-state index contributed by atoms with van der Waals surface area (Å²) >= 11 is 1.73. The number of amides is 2. The molecule has 22 heavy (non-hydrogen) atoms. The Bertz CT molecular complexity index is 458. The van der Waals surface area contributed by atoms with E-state index in [1.807, 2.05) is 4.90 Å². The quantitative estimate of drug-likeness (QED) is 0.870. The van der Waals surface area contributed by atoms with Gasteiger partial charge in [-0.3, -0.25) is 0 Å². The highest BCUT2D eigenvalue weighted by molar-refractivity contribution is 7.10. The van der Waals surface area contributed by atoms with E-state index < -0.39 is 0 Å². The molecule has 1 N–H and O–H groups in total. The average molecular weight is 324 g/mol. The van der Waals surface area contributed by atoms with Gasteiger partial charge in [-0.25, -0.2) is 4.79 Å². The summed E-state index contributed by atoms with van der Waals surface area (Å²) in [4.78, 5) is 18.0. The maximum atomic E-state index is 12.6. The minimum atomic E-state index is 0.0975. The molecule has 0 saturated carbocycles. The predicted octanol–water partition coefficient (Wildman–Crippen LogP) is 3.43. The number of carbonyl (C=O) groups is 1. The second-order valence-electron chi connectivity index (χ2n) is 7.01. The smallest absolute Gasteiger partial charge is 0.317 e. The lowest BCUT2D eigenvalue weighted by Crippen LogP contribution is -2.41. The van der Waals surface area contributed by atoms with Gasteiger partial charge >= 0.3 is 6.03 Å². The molecule has 2 amide bonds. The first-order valence-corrected chi connectivity index (χ1v) is 9.07. The van der Waals surface area contributed by atoms with Gasteiger partial charge in [-0.05, 0) is 50.2 Å². The highest BCUT2D eigenvalue weighted by atomic mass is 32.1. The summed E-state index contributed by atoms with van der Waals surface area (Å²) in [6.45, 7) is 7.22. The summed E-state index contributed by atoms with van der Waals surface area (Å²) in [6.07, 6.45) is 2.10. The number of hydrogen-bond donors (Lipinski definition) is 1. The zero-order valence-corrected chi connectivity index (χ0v) is 15.0. The van der Waals surface area contributed by atoms with Crippen molar-refractivity contribution in [3.05, 3.63) is 22.4 Å². The molecular weight excluding hydrogens is 294 g/mol. The zero-order valence-electron chi connectivity index (χ0n) is 14.2. The van der Waals surface area contributed by atoms with Crippen molar-refractivity contribution in [2.75, 3.05) is 33.7 Å². The van der Waals surface area contributed by atoms with Gasteiger partial charge in [-0.2, -0.15) is 0 Å². The van der Waals surface area contributed by atoms with Crippen LogP contribution in [-0.4, -0.2) is 49.6 Å². The zero-order chi connectivity index (χ0) is 16.1. The van der Waals surface area contributed by atoms with E-state index >= 15 is 0 Å². The van der Waals surface area contributed by atoms with Crippen molar-refractivity contribution >= 4 is 17.4 Å². The van der Waals surface area contributed by atoms with Crippen molar-refractivity contribution in [3.63, 3.8) is 0 Å². The molecule has 1 fully saturated rings. The van der Waals surface area contributed by atoms with E-state index in [-0.39, 0.29) is 12.1 Å². The molecule has 2 heterocycles. The van der Waals surface area contributed by atoms with Crippen LogP contribution in [0.15, 0.2) is 17.5 Å². The van der Waals surface area contributed by atoms with Gasteiger partial charge in [0.2, 0.25) is 0 Å². The molecule has 0 aromatic carbocycles. The van der Waals surface area contributed by atoms with Crippen LogP contribution in [0.1, 0.15) is 37.6 Å². The van der Waals surface area contributed by atoms with Crippen molar-refractivity contribution in [2.24, 2.45) is 11.8 Å². The van der Waals surface area contributed by atoms with E-state index in [1.165, 1.54) is 4.88 Å². The molecule has 1 aromatic heterocycles. The first-order chi connectivity index (χ1) is 10.5. The number of thiophene rings is 1. The van der Waals surface area contributed by atoms with E-state index in [4.69, 9.17) is 0 Å². The number of carbonyl (C=O) groups excluding carboxylic acids is 1. The first kappa shape index (κ1) is 17.3. The Morgan fingerprint density at radius 1 is 1.50 bits per heavy atom. The van der Waals surface area contributed by atoms with Crippen LogP contribution in [0.2, 0.25) is 0 Å². The van der Waals surface area contributed by atoms with Gasteiger partial charge < -0.3 is 15.1 Å². The van der Waals surface area contributed by atoms with Crippen molar-refractivity contribution in [3.8, 4) is 0 Å². The van der Waals surface area contributed by atoms with Crippen molar-refractivity contribution < 1.29 is 4.79 Å². The molecule has 2 rings (SSSR count). The molecular formula is C17H29N3OS. The Morgan fingerprint density at radius 2 is 2.27 bits per heavy atom. The molecule has 1 aliphatic rings. The molecule has 0 aliphatic carbocycles. The molecule has 5 heteroatoms. The van der Waals surface area contributed by atoms with Crippen molar-refractivity contribution in [1.82, 2.24) is 15.1 Å². The third-order valence-corrected chi connectivity index (χ3v) is 5.07. The molecule has 0 bridgehead atoms. The van der Waals surface area contributed by atoms with E-state index in [0.717, 1.165) is 32.5 Å². The van der Waals surface area contributed by atoms with E-state index in [9.17, 15) is 4.79 Å². The summed E-state index contributed by atoms with van der Waals surface area (Å²) in [5, 5.41) is 5.33. The molecule has 124 valence electrons. The third kappa shape index (κ3) is 4.99. The summed E-state index contributed by atoms with van der Waals surface area (Å²) in [7, 11) is 4.19. The van der Waals surface area contributed by atoms with Crippen molar-refractivity contribution in [1.29, 1.82) is 0 Å². The summed E-state index contributed by atoms with van der Waals surface area (Å²) in [6, 6.07) is 4.42. The van der Waals surface area contributed by atoms with Gasteiger partial charge in [0.1, 0.15) is 0 Å². The summed E-state index contributed by atoms with van der Waals surface area (Å²) in [5.74, 6) is 1.17. The highest BCUT2D eigenvalue weighted by Gasteiger charge is 2.28. The minimum Gasteiger partial charge on any atom is -0.330 e. The van der Waals surface area contributed by atoms with E-state index in [1.54, 1.807) is 11.3 Å². The maximum Gasteiger partial charge on any atom is 0.317 e. The van der Waals surface area contributed by atoms with Crippen LogP contribution in [0.3, 0.4) is 0 Å². The molecule has 1 aromatic rings. The second-order valence-corrected chi connectivity index (χ2v) is 7.99. The first-order valence-electron chi connectivity index (χ1n) is 8.19. The average Bonchev–Trinajstić information content (AvgIpc) is 3.07. The lowest BCUT2D eigenvalue weighted by Gasteiger charge is -2.24. The van der Waals surface area contributed by atoms with Crippen LogP contribution in [0.4, 0.5) is 4.79 Å². The van der Waals surface area contributed by atoms with E-state index in [2.05, 4.69) is 55.7 Å². The monoisotopic (exact) mass is 323 g/mol. The topological polar surface area (TPSA) is 35.6 Å². The highest BCUT2D eigenvalue weighted by Crippen LogP contribution is 2.26. The van der Waals surface area contributed by atoms with E-state index in [0.29, 0.717) is 11.8 Å². The Morgan fingerprint density at radius 3 is 2.86 bits per heavy atom. The number of hydrogen-bond acceptors (Lipinski definition) is 3. The maximum absolute atomic E-state index is 12.6. The number of nitrogens with zero attached hydrogens (tertiary/aromatic N) is 2. The molecule has 2 atom stereocenters. The van der Waals surface area contributed by atoms with Crippen molar-refractivity contribution in [2.45, 2.75) is 32.7 Å². The normalized spacial score (nSPS) is 19.9. The van der Waals surface area contributed by atoms with Gasteiger partial charge in [0.25, 0.3) is 0 Å². The number of likely N-dealkylation sites (tertiary alicyclic amines) is 1. The fourth-order valence-electron chi connectivity index (χ4n) is 3.13. The number of nitrogens with one attached hydrogen (secondary N) is 1. The Labute approximate surface area is 138 Å². The van der Waals surface area contributed by atoms with Gasteiger partial charge in [0, 0.05) is 24.5 Å². The molecule has 1 aliphatic heterocycles. The lowest BCUT2D eigenvalue weighted by atomic mass is 10.0. The van der Waals surface area contributed by atoms with Crippen LogP contribution < -0.4 is 5.32 Å². The fraction of sp³-hybridized carbons (Fsp3) is 0.706. The predicted molar refractivity (Wildman–Crippen MR) is 93.3 cm³/mol. The molecule has 1 saturated heterocycles. The van der Waals surface area contributed by atoms with Crippen LogP contribution >= 0.6 is 11.3 Å². The minimum absolute atomic E-state index is 0.0975. The molecule has 0 radical (unpaired) electrons. The summed E-state index contributed by atoms with van der Waals surface area (Å²) in [5.41, 5.74) is 0. The van der Waals surface area contributed by atoms with Crippen LogP contribution in [-0.2, 0) is 0 Å². The standard InChI is InChI=1S/C17H29N3OS/c1-13(2)10-15(16-6-5-9-22-16)18-17(21)20-8-7-14(12-20)11-19(3)4/h5-6,9,13-15H,7-8,10-12H2,1-4H3,(H,18,21). The molecule has 4 nitrogen and oxygen atoms in total. The lowest BCUT2D eigenvalue weighted by molar-refractivity contribution is 0.199. The van der Waals surface area contributed by atoms with Crippen LogP contribution in [0.5, 0.6) is 0 Å². The number of rotatable bonds is 6. The largest absolute Gasteiger partial charge is 0.330 e. The fourth-order valence-corrected chi connectivity index (χ4v) is 3.92. The van der Waals surface area contributed by atoms with Crippen LogP contribution in [0.25, 0.3) is 0 Å². The molecule has 2 unspecified atom stereocenters.